The summed E-state index contributed by atoms with van der Waals surface area (Å²) >= 11 is 1.31. The van der Waals surface area contributed by atoms with Gasteiger partial charge in [0, 0.05) is 36.7 Å². The molecule has 8 nitrogen and oxygen atoms in total. The van der Waals surface area contributed by atoms with Crippen molar-refractivity contribution >= 4 is 29.3 Å². The molecule has 9 heteroatoms. The third-order valence-corrected chi connectivity index (χ3v) is 5.94. The van der Waals surface area contributed by atoms with Gasteiger partial charge in [0.15, 0.2) is 11.0 Å². The van der Waals surface area contributed by atoms with E-state index < -0.39 is 0 Å². The van der Waals surface area contributed by atoms with Crippen LogP contribution in [0, 0.1) is 6.92 Å². The Morgan fingerprint density at radius 3 is 2.48 bits per heavy atom. The van der Waals surface area contributed by atoms with Gasteiger partial charge in [-0.1, -0.05) is 29.5 Å². The van der Waals surface area contributed by atoms with E-state index in [9.17, 15) is 9.59 Å². The fraction of sp³-hybridized carbons (Fsp3) is 0.318. The molecule has 4 rings (SSSR count). The van der Waals surface area contributed by atoms with Gasteiger partial charge in [-0.2, -0.15) is 0 Å². The number of aryl methyl sites for hydroxylation is 1. The van der Waals surface area contributed by atoms with Crippen molar-refractivity contribution in [2.24, 2.45) is 0 Å². The lowest BCUT2D eigenvalue weighted by Crippen LogP contribution is -2.29. The van der Waals surface area contributed by atoms with E-state index in [0.29, 0.717) is 11.0 Å². The van der Waals surface area contributed by atoms with Crippen LogP contribution in [0.3, 0.4) is 0 Å². The molecule has 1 aliphatic heterocycles. The first kappa shape index (κ1) is 21.0. The normalized spacial score (nSPS) is 13.4. The van der Waals surface area contributed by atoms with E-state index in [4.69, 9.17) is 0 Å². The SMILES string of the molecule is Cc1ccc(NC(=O)Cn2nc(-c3ccncc3)nc2SCC(=O)N2CCCC2)cc1. The molecular weight excluding hydrogens is 412 g/mol. The van der Waals surface area contributed by atoms with Crippen molar-refractivity contribution in [1.29, 1.82) is 0 Å². The van der Waals surface area contributed by atoms with Gasteiger partial charge in [0.2, 0.25) is 11.8 Å². The van der Waals surface area contributed by atoms with Crippen LogP contribution in [0.5, 0.6) is 0 Å². The average molecular weight is 437 g/mol. The van der Waals surface area contributed by atoms with E-state index in [1.165, 1.54) is 11.8 Å². The quantitative estimate of drug-likeness (QED) is 0.573. The molecule has 0 aliphatic carbocycles. The van der Waals surface area contributed by atoms with E-state index in [-0.39, 0.29) is 24.1 Å². The second-order valence-electron chi connectivity index (χ2n) is 7.40. The maximum Gasteiger partial charge on any atom is 0.246 e. The van der Waals surface area contributed by atoms with Crippen LogP contribution in [-0.2, 0) is 16.1 Å². The third kappa shape index (κ3) is 5.49. The minimum Gasteiger partial charge on any atom is -0.342 e. The summed E-state index contributed by atoms with van der Waals surface area (Å²) in [6, 6.07) is 11.2. The topological polar surface area (TPSA) is 93.0 Å². The molecule has 3 aromatic rings. The second-order valence-corrected chi connectivity index (χ2v) is 8.34. The van der Waals surface area contributed by atoms with Crippen molar-refractivity contribution in [2.45, 2.75) is 31.5 Å². The van der Waals surface area contributed by atoms with Crippen LogP contribution in [0.15, 0.2) is 53.9 Å². The highest BCUT2D eigenvalue weighted by Gasteiger charge is 2.21. The maximum atomic E-state index is 12.6. The molecule has 0 radical (unpaired) electrons. The van der Waals surface area contributed by atoms with Gasteiger partial charge in [0.05, 0.1) is 5.75 Å². The van der Waals surface area contributed by atoms with Crippen molar-refractivity contribution in [2.75, 3.05) is 24.2 Å². The summed E-state index contributed by atoms with van der Waals surface area (Å²) < 4.78 is 1.56. The molecule has 3 heterocycles. The summed E-state index contributed by atoms with van der Waals surface area (Å²) in [6.45, 7) is 3.63. The number of likely N-dealkylation sites (tertiary alicyclic amines) is 1. The van der Waals surface area contributed by atoms with Crippen molar-refractivity contribution in [3.05, 3.63) is 54.4 Å². The summed E-state index contributed by atoms with van der Waals surface area (Å²) in [5.74, 6) is 0.657. The number of carbonyl (C=O) groups is 2. The molecular formula is C22H24N6O2S. The molecule has 0 bridgehead atoms. The first-order valence-electron chi connectivity index (χ1n) is 10.2. The van der Waals surface area contributed by atoms with E-state index in [2.05, 4.69) is 20.4 Å². The van der Waals surface area contributed by atoms with Crippen LogP contribution in [0.25, 0.3) is 11.4 Å². The van der Waals surface area contributed by atoms with Crippen molar-refractivity contribution in [3.8, 4) is 11.4 Å². The van der Waals surface area contributed by atoms with Crippen LogP contribution >= 0.6 is 11.8 Å². The zero-order valence-electron chi connectivity index (χ0n) is 17.3. The van der Waals surface area contributed by atoms with Gasteiger partial charge in [-0.3, -0.25) is 14.6 Å². The molecule has 0 unspecified atom stereocenters. The van der Waals surface area contributed by atoms with Gasteiger partial charge in [-0.15, -0.1) is 5.10 Å². The molecule has 2 aromatic heterocycles. The summed E-state index contributed by atoms with van der Waals surface area (Å²) in [4.78, 5) is 35.6. The van der Waals surface area contributed by atoms with Crippen molar-refractivity contribution in [3.63, 3.8) is 0 Å². The lowest BCUT2D eigenvalue weighted by atomic mass is 10.2. The predicted octanol–water partition coefficient (Wildman–Crippen LogP) is 3.00. The summed E-state index contributed by atoms with van der Waals surface area (Å²) in [5, 5.41) is 7.94. The Bertz CT molecular complexity index is 1050. The molecule has 0 spiro atoms. The largest absolute Gasteiger partial charge is 0.342 e. The maximum absolute atomic E-state index is 12.6. The number of hydrogen-bond acceptors (Lipinski definition) is 6. The monoisotopic (exact) mass is 436 g/mol. The number of carbonyl (C=O) groups excluding carboxylic acids is 2. The first-order valence-corrected chi connectivity index (χ1v) is 11.2. The van der Waals surface area contributed by atoms with E-state index in [1.807, 2.05) is 48.2 Å². The summed E-state index contributed by atoms with van der Waals surface area (Å²) in [7, 11) is 0. The van der Waals surface area contributed by atoms with Gasteiger partial charge in [-0.05, 0) is 44.0 Å². The van der Waals surface area contributed by atoms with Crippen LogP contribution < -0.4 is 5.32 Å². The summed E-state index contributed by atoms with van der Waals surface area (Å²) in [5.41, 5.74) is 2.65. The Morgan fingerprint density at radius 1 is 1.06 bits per heavy atom. The van der Waals surface area contributed by atoms with Gasteiger partial charge >= 0.3 is 0 Å². The van der Waals surface area contributed by atoms with Crippen LogP contribution in [0.4, 0.5) is 5.69 Å². The Kier molecular flexibility index (Phi) is 6.61. The molecule has 31 heavy (non-hydrogen) atoms. The van der Waals surface area contributed by atoms with Gasteiger partial charge < -0.3 is 10.2 Å². The van der Waals surface area contributed by atoms with Gasteiger partial charge in [-0.25, -0.2) is 9.67 Å². The van der Waals surface area contributed by atoms with E-state index in [0.717, 1.165) is 42.7 Å². The zero-order chi connectivity index (χ0) is 21.6. The van der Waals surface area contributed by atoms with Crippen LogP contribution in [-0.4, -0.2) is 55.3 Å². The first-order chi connectivity index (χ1) is 15.1. The fourth-order valence-corrected chi connectivity index (χ4v) is 4.16. The smallest absolute Gasteiger partial charge is 0.246 e. The lowest BCUT2D eigenvalue weighted by molar-refractivity contribution is -0.127. The van der Waals surface area contributed by atoms with Gasteiger partial charge in [0.25, 0.3) is 0 Å². The van der Waals surface area contributed by atoms with E-state index in [1.54, 1.807) is 17.1 Å². The number of nitrogens with zero attached hydrogens (tertiary/aromatic N) is 5. The third-order valence-electron chi connectivity index (χ3n) is 4.99. The molecule has 1 aromatic carbocycles. The molecule has 2 amide bonds. The minimum absolute atomic E-state index is 0.00615. The predicted molar refractivity (Wildman–Crippen MR) is 120 cm³/mol. The number of hydrogen-bond donors (Lipinski definition) is 1. The Balaban J connectivity index is 1.49. The number of rotatable bonds is 7. The van der Waals surface area contributed by atoms with Crippen molar-refractivity contribution < 1.29 is 9.59 Å². The van der Waals surface area contributed by atoms with Gasteiger partial charge in [0.1, 0.15) is 6.54 Å². The highest BCUT2D eigenvalue weighted by atomic mass is 32.2. The van der Waals surface area contributed by atoms with Crippen LogP contribution in [0.2, 0.25) is 0 Å². The highest BCUT2D eigenvalue weighted by Crippen LogP contribution is 2.22. The molecule has 1 aliphatic rings. The fourth-order valence-electron chi connectivity index (χ4n) is 3.32. The number of amides is 2. The second kappa shape index (κ2) is 9.74. The molecule has 0 saturated carbocycles. The molecule has 1 fully saturated rings. The lowest BCUT2D eigenvalue weighted by Gasteiger charge is -2.14. The Labute approximate surface area is 185 Å². The number of nitrogens with one attached hydrogen (secondary N) is 1. The highest BCUT2D eigenvalue weighted by molar-refractivity contribution is 7.99. The van der Waals surface area contributed by atoms with Crippen LogP contribution in [0.1, 0.15) is 18.4 Å². The zero-order valence-corrected chi connectivity index (χ0v) is 18.1. The number of thioether (sulfide) groups is 1. The minimum atomic E-state index is -0.206. The average Bonchev–Trinajstić information content (AvgIpc) is 3.45. The Morgan fingerprint density at radius 2 is 1.77 bits per heavy atom. The Hall–Kier alpha value is -3.20. The number of aromatic nitrogens is 4. The number of pyridine rings is 1. The van der Waals surface area contributed by atoms with E-state index >= 15 is 0 Å². The summed E-state index contributed by atoms with van der Waals surface area (Å²) in [6.07, 6.45) is 5.45. The number of benzene rings is 1. The number of anilines is 1. The molecule has 1 N–H and O–H groups in total. The molecule has 0 atom stereocenters. The molecule has 160 valence electrons. The van der Waals surface area contributed by atoms with Crippen molar-refractivity contribution in [1.82, 2.24) is 24.6 Å². The standard InChI is InChI=1S/C22H24N6O2S/c1-16-4-6-18(7-5-16)24-19(29)14-28-22(31-15-20(30)27-12-2-3-13-27)25-21(26-28)17-8-10-23-11-9-17/h4-11H,2-3,12-15H2,1H3,(H,24,29). The molecule has 1 saturated heterocycles.